The molecule has 30 heavy (non-hydrogen) atoms. The molecule has 1 aromatic carbocycles. The second-order valence-corrected chi connectivity index (χ2v) is 16.0. The van der Waals surface area contributed by atoms with Crippen LogP contribution in [0.2, 0.25) is 16.6 Å². The Morgan fingerprint density at radius 3 is 2.30 bits per heavy atom. The first-order valence-corrected chi connectivity index (χ1v) is 14.8. The van der Waals surface area contributed by atoms with Crippen LogP contribution >= 0.6 is 15.9 Å². The Labute approximate surface area is 192 Å². The van der Waals surface area contributed by atoms with E-state index < -0.39 is 8.32 Å². The van der Waals surface area contributed by atoms with Crippen molar-refractivity contribution in [3.05, 3.63) is 23.3 Å². The summed E-state index contributed by atoms with van der Waals surface area (Å²) in [5, 5.41) is 0.948. The molecule has 5 heteroatoms. The summed E-state index contributed by atoms with van der Waals surface area (Å²) in [5.41, 5.74) is 3.84. The molecule has 3 rings (SSSR count). The molecule has 0 amide bonds. The fourth-order valence-electron chi connectivity index (χ4n) is 5.93. The third-order valence-electron chi connectivity index (χ3n) is 7.30. The number of hydrogen-bond donors (Lipinski definition) is 0. The summed E-state index contributed by atoms with van der Waals surface area (Å²) in [7, 11) is -0.316. The zero-order chi connectivity index (χ0) is 22.1. The minimum Gasteiger partial charge on any atom is -0.540 e. The minimum atomic E-state index is -2.07. The van der Waals surface area contributed by atoms with Crippen LogP contribution < -0.4 is 13.9 Å². The zero-order valence-corrected chi connectivity index (χ0v) is 22.4. The van der Waals surface area contributed by atoms with Gasteiger partial charge < -0.3 is 13.9 Å². The molecular weight excluding hydrogens is 456 g/mol. The Hall–Kier alpha value is -0.943. The predicted octanol–water partition coefficient (Wildman–Crippen LogP) is 8.12. The molecule has 0 bridgehead atoms. The van der Waals surface area contributed by atoms with Gasteiger partial charge in [-0.1, -0.05) is 57.5 Å². The molecule has 0 radical (unpaired) electrons. The van der Waals surface area contributed by atoms with Crippen molar-refractivity contribution < 1.29 is 13.9 Å². The van der Waals surface area contributed by atoms with Crippen LogP contribution in [0, 0.1) is 0 Å². The van der Waals surface area contributed by atoms with Crippen LogP contribution in [-0.4, -0.2) is 26.4 Å². The quantitative estimate of drug-likeness (QED) is 0.269. The molecule has 0 unspecified atom stereocenters. The van der Waals surface area contributed by atoms with Crippen LogP contribution in [0.4, 0.5) is 0 Å². The summed E-state index contributed by atoms with van der Waals surface area (Å²) in [5.74, 6) is 2.64. The Morgan fingerprint density at radius 1 is 1.07 bits per heavy atom. The Kier molecular flexibility index (Phi) is 7.33. The average Bonchev–Trinajstić information content (AvgIpc) is 2.69. The van der Waals surface area contributed by atoms with Crippen LogP contribution in [0.25, 0.3) is 6.08 Å². The molecule has 1 atom stereocenters. The lowest BCUT2D eigenvalue weighted by atomic mass is 9.76. The first kappa shape index (κ1) is 23.7. The molecule has 0 N–H and O–H groups in total. The highest BCUT2D eigenvalue weighted by Crippen LogP contribution is 2.52. The van der Waals surface area contributed by atoms with Crippen molar-refractivity contribution in [1.29, 1.82) is 0 Å². The van der Waals surface area contributed by atoms with Gasteiger partial charge in [0.05, 0.1) is 12.7 Å². The number of alkyl halides is 1. The Bertz CT molecular complexity index is 761. The number of fused-ring (bicyclic) bond motifs is 2. The van der Waals surface area contributed by atoms with E-state index in [-0.39, 0.29) is 5.60 Å². The van der Waals surface area contributed by atoms with Crippen LogP contribution in [0.3, 0.4) is 0 Å². The highest BCUT2D eigenvalue weighted by molar-refractivity contribution is 9.09. The SMILES string of the molecule is COc1c(O[Si](C(C)C)(C(C)C)C(C)C)ccc2c1C=C1CCCC[C@]1(CCBr)O2. The van der Waals surface area contributed by atoms with E-state index in [0.717, 1.165) is 47.4 Å². The monoisotopic (exact) mass is 494 g/mol. The van der Waals surface area contributed by atoms with E-state index >= 15 is 0 Å². The van der Waals surface area contributed by atoms with E-state index in [2.05, 4.69) is 75.7 Å². The minimum absolute atomic E-state index is 0.158. The van der Waals surface area contributed by atoms with Gasteiger partial charge in [0.25, 0.3) is 8.32 Å². The summed E-state index contributed by atoms with van der Waals surface area (Å²) in [4.78, 5) is 0. The van der Waals surface area contributed by atoms with Gasteiger partial charge in [0.15, 0.2) is 5.75 Å². The van der Waals surface area contributed by atoms with Gasteiger partial charge in [0, 0.05) is 11.8 Å². The molecule has 1 fully saturated rings. The van der Waals surface area contributed by atoms with E-state index in [4.69, 9.17) is 13.9 Å². The van der Waals surface area contributed by atoms with E-state index in [1.165, 1.54) is 18.4 Å². The van der Waals surface area contributed by atoms with Gasteiger partial charge in [-0.25, -0.2) is 0 Å². The molecule has 1 saturated carbocycles. The lowest BCUT2D eigenvalue weighted by molar-refractivity contribution is 0.0730. The van der Waals surface area contributed by atoms with E-state index in [1.54, 1.807) is 7.11 Å². The Morgan fingerprint density at radius 2 is 1.73 bits per heavy atom. The summed E-state index contributed by atoms with van der Waals surface area (Å²) >= 11 is 3.65. The number of methoxy groups -OCH3 is 1. The Balaban J connectivity index is 2.08. The summed E-state index contributed by atoms with van der Waals surface area (Å²) in [6.07, 6.45) is 8.00. The molecule has 3 nitrogen and oxygen atoms in total. The molecule has 1 heterocycles. The van der Waals surface area contributed by atoms with E-state index in [0.29, 0.717) is 16.6 Å². The van der Waals surface area contributed by atoms with Crippen molar-refractivity contribution in [2.24, 2.45) is 0 Å². The lowest BCUT2D eigenvalue weighted by Gasteiger charge is -2.44. The van der Waals surface area contributed by atoms with Gasteiger partial charge in [-0.15, -0.1) is 0 Å². The first-order chi connectivity index (χ1) is 14.2. The summed E-state index contributed by atoms with van der Waals surface area (Å²) in [6, 6.07) is 4.18. The van der Waals surface area contributed by atoms with Gasteiger partial charge >= 0.3 is 0 Å². The van der Waals surface area contributed by atoms with Crippen LogP contribution in [0.1, 0.15) is 79.2 Å². The number of halogens is 1. The number of rotatable bonds is 8. The van der Waals surface area contributed by atoms with Crippen LogP contribution in [0.15, 0.2) is 17.7 Å². The van der Waals surface area contributed by atoms with Crippen molar-refractivity contribution in [3.8, 4) is 17.2 Å². The van der Waals surface area contributed by atoms with Crippen molar-refractivity contribution in [1.82, 2.24) is 0 Å². The largest absolute Gasteiger partial charge is 0.540 e. The maximum Gasteiger partial charge on any atom is 0.258 e. The van der Waals surface area contributed by atoms with Crippen molar-refractivity contribution in [3.63, 3.8) is 0 Å². The smallest absolute Gasteiger partial charge is 0.258 e. The molecule has 0 spiro atoms. The third-order valence-corrected chi connectivity index (χ3v) is 13.7. The fraction of sp³-hybridized carbons (Fsp3) is 0.680. The molecule has 1 aliphatic carbocycles. The van der Waals surface area contributed by atoms with E-state index in [9.17, 15) is 0 Å². The average molecular weight is 496 g/mol. The summed E-state index contributed by atoms with van der Waals surface area (Å²) < 4.78 is 19.7. The van der Waals surface area contributed by atoms with Gasteiger partial charge in [0.1, 0.15) is 17.1 Å². The first-order valence-electron chi connectivity index (χ1n) is 11.6. The standard InChI is InChI=1S/C25H39BrO3Si/c1-17(2)30(18(3)4,19(5)6)29-23-12-11-22-21(24(23)27-7)16-20-10-8-9-13-25(20,28-22)14-15-26/h11-12,16-19H,8-10,13-15H2,1-7H3/t25-/m1/s1. The molecule has 0 aromatic heterocycles. The van der Waals surface area contributed by atoms with E-state index in [1.807, 2.05) is 0 Å². The topological polar surface area (TPSA) is 27.7 Å². The van der Waals surface area contributed by atoms with Crippen molar-refractivity contribution >= 4 is 30.3 Å². The van der Waals surface area contributed by atoms with Crippen molar-refractivity contribution in [2.75, 3.05) is 12.4 Å². The summed E-state index contributed by atoms with van der Waals surface area (Å²) in [6.45, 7) is 13.9. The molecular formula is C25H39BrO3Si. The normalized spacial score (nSPS) is 21.2. The molecule has 1 aromatic rings. The van der Waals surface area contributed by atoms with Crippen LogP contribution in [-0.2, 0) is 0 Å². The number of hydrogen-bond acceptors (Lipinski definition) is 3. The third kappa shape index (κ3) is 3.97. The number of ether oxygens (including phenoxy) is 2. The highest BCUT2D eigenvalue weighted by Gasteiger charge is 2.48. The molecule has 2 aliphatic rings. The lowest BCUT2D eigenvalue weighted by Crippen LogP contribution is -2.50. The molecule has 168 valence electrons. The van der Waals surface area contributed by atoms with Gasteiger partial charge in [-0.05, 0) is 66.1 Å². The molecule has 1 aliphatic heterocycles. The number of benzene rings is 1. The maximum absolute atomic E-state index is 7.00. The maximum atomic E-state index is 7.00. The van der Waals surface area contributed by atoms with Crippen LogP contribution in [0.5, 0.6) is 17.2 Å². The van der Waals surface area contributed by atoms with Gasteiger partial charge in [-0.3, -0.25) is 0 Å². The molecule has 0 saturated heterocycles. The zero-order valence-electron chi connectivity index (χ0n) is 19.8. The van der Waals surface area contributed by atoms with Gasteiger partial charge in [-0.2, -0.15) is 0 Å². The fourth-order valence-corrected chi connectivity index (χ4v) is 11.8. The second-order valence-electron chi connectivity index (χ2n) is 9.84. The second kappa shape index (κ2) is 9.28. The highest BCUT2D eigenvalue weighted by atomic mass is 79.9. The van der Waals surface area contributed by atoms with Crippen molar-refractivity contribution in [2.45, 2.75) is 95.9 Å². The van der Waals surface area contributed by atoms with Gasteiger partial charge in [0.2, 0.25) is 0 Å². The predicted molar refractivity (Wildman–Crippen MR) is 133 cm³/mol.